The first-order valence-electron chi connectivity index (χ1n) is 4.51. The van der Waals surface area contributed by atoms with Crippen LogP contribution in [0.4, 0.5) is 5.69 Å². The number of rotatable bonds is 2. The topological polar surface area (TPSA) is 48.1 Å². The van der Waals surface area contributed by atoms with Crippen molar-refractivity contribution in [3.8, 4) is 11.6 Å². The summed E-state index contributed by atoms with van der Waals surface area (Å²) < 4.78 is 5.47. The standard InChI is InChI=1S/C11H8Cl2N2O/c12-7-3-1-5-9(10(7)13)16-11-8(14)4-2-6-15-11/h1-6H,14H2. The molecule has 0 unspecified atom stereocenters. The van der Waals surface area contributed by atoms with Gasteiger partial charge in [-0.2, -0.15) is 0 Å². The van der Waals surface area contributed by atoms with Crippen LogP contribution in [-0.2, 0) is 0 Å². The fourth-order valence-corrected chi connectivity index (χ4v) is 1.49. The van der Waals surface area contributed by atoms with Crippen molar-refractivity contribution in [1.82, 2.24) is 4.98 Å². The Morgan fingerprint density at radius 2 is 1.94 bits per heavy atom. The first-order chi connectivity index (χ1) is 7.68. The molecule has 2 aromatic rings. The van der Waals surface area contributed by atoms with Crippen LogP contribution in [0, 0.1) is 0 Å². The first kappa shape index (κ1) is 11.0. The molecule has 0 aliphatic rings. The maximum absolute atomic E-state index is 5.97. The number of anilines is 1. The summed E-state index contributed by atoms with van der Waals surface area (Å²) in [6, 6.07) is 8.53. The Kier molecular flexibility index (Phi) is 3.17. The van der Waals surface area contributed by atoms with E-state index in [-0.39, 0.29) is 0 Å². The summed E-state index contributed by atoms with van der Waals surface area (Å²) in [5, 5.41) is 0.767. The molecule has 2 N–H and O–H groups in total. The SMILES string of the molecule is Nc1cccnc1Oc1cccc(Cl)c1Cl. The Bertz CT molecular complexity index is 517. The van der Waals surface area contributed by atoms with Crippen LogP contribution in [0.5, 0.6) is 11.6 Å². The highest BCUT2D eigenvalue weighted by molar-refractivity contribution is 6.42. The molecule has 0 amide bonds. The molecule has 1 heterocycles. The summed E-state index contributed by atoms with van der Waals surface area (Å²) in [4.78, 5) is 4.00. The molecule has 0 atom stereocenters. The number of nitrogens with two attached hydrogens (primary N) is 1. The molecule has 0 aliphatic heterocycles. The van der Waals surface area contributed by atoms with Crippen molar-refractivity contribution in [2.75, 3.05) is 5.73 Å². The van der Waals surface area contributed by atoms with Crippen LogP contribution in [-0.4, -0.2) is 4.98 Å². The van der Waals surface area contributed by atoms with E-state index in [9.17, 15) is 0 Å². The normalized spacial score (nSPS) is 10.1. The maximum Gasteiger partial charge on any atom is 0.242 e. The minimum absolute atomic E-state index is 0.312. The second-order valence-corrected chi connectivity index (χ2v) is 3.84. The summed E-state index contributed by atoms with van der Waals surface area (Å²) in [5.74, 6) is 0.742. The van der Waals surface area contributed by atoms with E-state index in [1.807, 2.05) is 0 Å². The van der Waals surface area contributed by atoms with Gasteiger partial charge in [0.25, 0.3) is 0 Å². The van der Waals surface area contributed by atoms with Crippen LogP contribution >= 0.6 is 23.2 Å². The third-order valence-electron chi connectivity index (χ3n) is 1.92. The molecule has 0 radical (unpaired) electrons. The third-order valence-corrected chi connectivity index (χ3v) is 2.72. The zero-order chi connectivity index (χ0) is 11.5. The van der Waals surface area contributed by atoms with Gasteiger partial charge in [-0.25, -0.2) is 4.98 Å². The molecular formula is C11H8Cl2N2O. The number of nitrogen functional groups attached to an aromatic ring is 1. The number of hydrogen-bond acceptors (Lipinski definition) is 3. The molecule has 16 heavy (non-hydrogen) atoms. The van der Waals surface area contributed by atoms with E-state index in [1.165, 1.54) is 0 Å². The highest BCUT2D eigenvalue weighted by Gasteiger charge is 2.08. The van der Waals surface area contributed by atoms with Gasteiger partial charge >= 0.3 is 0 Å². The quantitative estimate of drug-likeness (QED) is 0.888. The molecule has 0 saturated carbocycles. The molecule has 1 aromatic carbocycles. The van der Waals surface area contributed by atoms with Gasteiger partial charge in [-0.05, 0) is 24.3 Å². The average molecular weight is 255 g/mol. The first-order valence-corrected chi connectivity index (χ1v) is 5.26. The largest absolute Gasteiger partial charge is 0.435 e. The highest BCUT2D eigenvalue weighted by atomic mass is 35.5. The molecule has 0 bridgehead atoms. The lowest BCUT2D eigenvalue weighted by Gasteiger charge is -2.08. The van der Waals surface area contributed by atoms with Crippen molar-refractivity contribution < 1.29 is 4.74 Å². The minimum Gasteiger partial charge on any atom is -0.435 e. The van der Waals surface area contributed by atoms with Gasteiger partial charge in [0.05, 0.1) is 10.7 Å². The predicted octanol–water partition coefficient (Wildman–Crippen LogP) is 3.76. The van der Waals surface area contributed by atoms with Gasteiger partial charge in [0.15, 0.2) is 0 Å². The van der Waals surface area contributed by atoms with E-state index in [0.29, 0.717) is 27.4 Å². The zero-order valence-electron chi connectivity index (χ0n) is 8.15. The summed E-state index contributed by atoms with van der Waals surface area (Å²) in [5.41, 5.74) is 6.14. The van der Waals surface area contributed by atoms with E-state index in [0.717, 1.165) is 0 Å². The van der Waals surface area contributed by atoms with Crippen molar-refractivity contribution in [3.63, 3.8) is 0 Å². The lowest BCUT2D eigenvalue weighted by atomic mass is 10.3. The van der Waals surface area contributed by atoms with Crippen molar-refractivity contribution in [2.24, 2.45) is 0 Å². The third kappa shape index (κ3) is 2.21. The second kappa shape index (κ2) is 4.60. The Hall–Kier alpha value is -1.45. The number of pyridine rings is 1. The maximum atomic E-state index is 5.97. The van der Waals surface area contributed by atoms with Crippen LogP contribution in [0.15, 0.2) is 36.5 Å². The number of hydrogen-bond donors (Lipinski definition) is 1. The van der Waals surface area contributed by atoms with Gasteiger partial charge in [0.1, 0.15) is 10.8 Å². The van der Waals surface area contributed by atoms with Crippen LogP contribution in [0.1, 0.15) is 0 Å². The van der Waals surface area contributed by atoms with E-state index >= 15 is 0 Å². The van der Waals surface area contributed by atoms with Crippen molar-refractivity contribution >= 4 is 28.9 Å². The fourth-order valence-electron chi connectivity index (χ4n) is 1.16. The van der Waals surface area contributed by atoms with Gasteiger partial charge in [0, 0.05) is 6.20 Å². The van der Waals surface area contributed by atoms with Crippen LogP contribution in [0.2, 0.25) is 10.0 Å². The van der Waals surface area contributed by atoms with Crippen LogP contribution in [0.3, 0.4) is 0 Å². The molecule has 0 fully saturated rings. The molecule has 1 aromatic heterocycles. The number of benzene rings is 1. The van der Waals surface area contributed by atoms with Gasteiger partial charge in [-0.3, -0.25) is 0 Å². The molecule has 0 aliphatic carbocycles. The molecule has 3 nitrogen and oxygen atoms in total. The Balaban J connectivity index is 2.35. The van der Waals surface area contributed by atoms with Crippen LogP contribution in [0.25, 0.3) is 0 Å². The summed E-state index contributed by atoms with van der Waals surface area (Å²) >= 11 is 11.8. The Morgan fingerprint density at radius 3 is 2.69 bits per heavy atom. The van der Waals surface area contributed by atoms with Crippen LogP contribution < -0.4 is 10.5 Å². The summed E-state index contributed by atoms with van der Waals surface area (Å²) in [6.45, 7) is 0. The van der Waals surface area contributed by atoms with Gasteiger partial charge in [-0.15, -0.1) is 0 Å². The smallest absolute Gasteiger partial charge is 0.242 e. The fraction of sp³-hybridized carbons (Fsp3) is 0. The van der Waals surface area contributed by atoms with Crippen molar-refractivity contribution in [1.29, 1.82) is 0 Å². The van der Waals surface area contributed by atoms with E-state index in [1.54, 1.807) is 36.5 Å². The average Bonchev–Trinajstić information content (AvgIpc) is 2.28. The van der Waals surface area contributed by atoms with Gasteiger partial charge in [-0.1, -0.05) is 29.3 Å². The van der Waals surface area contributed by atoms with Crippen molar-refractivity contribution in [2.45, 2.75) is 0 Å². The number of ether oxygens (including phenoxy) is 1. The zero-order valence-corrected chi connectivity index (χ0v) is 9.66. The van der Waals surface area contributed by atoms with E-state index < -0.39 is 0 Å². The molecule has 82 valence electrons. The number of aromatic nitrogens is 1. The van der Waals surface area contributed by atoms with Gasteiger partial charge < -0.3 is 10.5 Å². The minimum atomic E-state index is 0.312. The molecular weight excluding hydrogens is 247 g/mol. The highest BCUT2D eigenvalue weighted by Crippen LogP contribution is 2.35. The predicted molar refractivity (Wildman–Crippen MR) is 65.2 cm³/mol. The van der Waals surface area contributed by atoms with Crippen molar-refractivity contribution in [3.05, 3.63) is 46.6 Å². The van der Waals surface area contributed by atoms with Gasteiger partial charge in [0.2, 0.25) is 5.88 Å². The summed E-state index contributed by atoms with van der Waals surface area (Å²) in [6.07, 6.45) is 1.59. The molecule has 2 rings (SSSR count). The Labute approximate surface area is 103 Å². The molecule has 0 saturated heterocycles. The lowest BCUT2D eigenvalue weighted by Crippen LogP contribution is -1.94. The number of nitrogens with zero attached hydrogens (tertiary/aromatic N) is 1. The van der Waals surface area contributed by atoms with E-state index in [2.05, 4.69) is 4.98 Å². The van der Waals surface area contributed by atoms with E-state index in [4.69, 9.17) is 33.7 Å². The lowest BCUT2D eigenvalue weighted by molar-refractivity contribution is 0.466. The molecule has 5 heteroatoms. The molecule has 0 spiro atoms. The number of halogens is 2. The summed E-state index contributed by atoms with van der Waals surface area (Å²) in [7, 11) is 0. The monoisotopic (exact) mass is 254 g/mol. The second-order valence-electron chi connectivity index (χ2n) is 3.05. The Morgan fingerprint density at radius 1 is 1.12 bits per heavy atom.